The quantitative estimate of drug-likeness (QED) is 0.870. The van der Waals surface area contributed by atoms with E-state index in [2.05, 4.69) is 34.5 Å². The summed E-state index contributed by atoms with van der Waals surface area (Å²) in [5.74, 6) is 0.554. The molecule has 4 rings (SSSR count). The smallest absolute Gasteiger partial charge is 0.224 e. The fourth-order valence-electron chi connectivity index (χ4n) is 4.58. The third kappa shape index (κ3) is 3.47. The van der Waals surface area contributed by atoms with Crippen LogP contribution in [0.25, 0.3) is 0 Å². The first-order chi connectivity index (χ1) is 12.7. The molecule has 0 aromatic heterocycles. The number of fused-ring (bicyclic) bond motifs is 1. The lowest BCUT2D eigenvalue weighted by Gasteiger charge is -2.24. The van der Waals surface area contributed by atoms with Crippen LogP contribution in [0.3, 0.4) is 0 Å². The number of nitrogens with one attached hydrogen (secondary N) is 1. The second kappa shape index (κ2) is 7.50. The SMILES string of the molecule is O=C(NCCc1ccc(O)cc1)[C@@H]1C[C@H](c2ccccc2)N2CCC[C@@H]12. The molecule has 2 aliphatic rings. The lowest BCUT2D eigenvalue weighted by Crippen LogP contribution is -2.38. The maximum absolute atomic E-state index is 12.8. The summed E-state index contributed by atoms with van der Waals surface area (Å²) in [6.45, 7) is 1.74. The van der Waals surface area contributed by atoms with E-state index in [1.807, 2.05) is 18.2 Å². The van der Waals surface area contributed by atoms with E-state index in [-0.39, 0.29) is 17.6 Å². The van der Waals surface area contributed by atoms with Crippen LogP contribution in [0.1, 0.15) is 36.4 Å². The molecule has 0 spiro atoms. The highest BCUT2D eigenvalue weighted by atomic mass is 16.3. The molecule has 2 saturated heterocycles. The summed E-state index contributed by atoms with van der Waals surface area (Å²) < 4.78 is 0. The Morgan fingerprint density at radius 3 is 2.65 bits per heavy atom. The average molecular weight is 350 g/mol. The Hall–Kier alpha value is -2.33. The lowest BCUT2D eigenvalue weighted by molar-refractivity contribution is -0.125. The van der Waals surface area contributed by atoms with Crippen LogP contribution in [0, 0.1) is 5.92 Å². The number of rotatable bonds is 5. The normalized spacial score (nSPS) is 25.2. The molecule has 4 nitrogen and oxygen atoms in total. The number of hydrogen-bond acceptors (Lipinski definition) is 3. The van der Waals surface area contributed by atoms with Crippen molar-refractivity contribution in [3.05, 3.63) is 65.7 Å². The molecule has 0 aliphatic carbocycles. The summed E-state index contributed by atoms with van der Waals surface area (Å²) in [6.07, 6.45) is 4.01. The number of amides is 1. The molecule has 2 aliphatic heterocycles. The highest BCUT2D eigenvalue weighted by Gasteiger charge is 2.46. The van der Waals surface area contributed by atoms with E-state index in [4.69, 9.17) is 0 Å². The van der Waals surface area contributed by atoms with Gasteiger partial charge in [0.2, 0.25) is 5.91 Å². The van der Waals surface area contributed by atoms with E-state index in [1.54, 1.807) is 12.1 Å². The van der Waals surface area contributed by atoms with Gasteiger partial charge >= 0.3 is 0 Å². The number of carbonyl (C=O) groups excluding carboxylic acids is 1. The molecule has 0 saturated carbocycles. The van der Waals surface area contributed by atoms with E-state index in [0.717, 1.165) is 31.4 Å². The van der Waals surface area contributed by atoms with Crippen LogP contribution < -0.4 is 5.32 Å². The summed E-state index contributed by atoms with van der Waals surface area (Å²) in [7, 11) is 0. The first-order valence-electron chi connectivity index (χ1n) is 9.58. The van der Waals surface area contributed by atoms with Crippen molar-refractivity contribution >= 4 is 5.91 Å². The maximum Gasteiger partial charge on any atom is 0.224 e. The van der Waals surface area contributed by atoms with Gasteiger partial charge in [0.1, 0.15) is 5.75 Å². The molecule has 4 heteroatoms. The molecule has 136 valence electrons. The summed E-state index contributed by atoms with van der Waals surface area (Å²) in [6, 6.07) is 18.5. The van der Waals surface area contributed by atoms with Crippen LogP contribution in [0.4, 0.5) is 0 Å². The van der Waals surface area contributed by atoms with Gasteiger partial charge in [0.25, 0.3) is 0 Å². The highest BCUT2D eigenvalue weighted by molar-refractivity contribution is 5.80. The van der Waals surface area contributed by atoms with Crippen LogP contribution in [0.5, 0.6) is 5.75 Å². The van der Waals surface area contributed by atoms with Crippen molar-refractivity contribution in [2.45, 2.75) is 37.8 Å². The summed E-state index contributed by atoms with van der Waals surface area (Å²) in [4.78, 5) is 15.4. The zero-order valence-corrected chi connectivity index (χ0v) is 15.0. The average Bonchev–Trinajstić information content (AvgIpc) is 3.26. The molecule has 1 amide bonds. The van der Waals surface area contributed by atoms with Crippen molar-refractivity contribution in [1.29, 1.82) is 0 Å². The monoisotopic (exact) mass is 350 g/mol. The van der Waals surface area contributed by atoms with Crippen molar-refractivity contribution in [3.8, 4) is 5.75 Å². The molecule has 0 radical (unpaired) electrons. The Bertz CT molecular complexity index is 744. The minimum Gasteiger partial charge on any atom is -0.508 e. The molecular formula is C22H26N2O2. The Labute approximate surface area is 154 Å². The first kappa shape index (κ1) is 17.1. The Balaban J connectivity index is 1.37. The zero-order valence-electron chi connectivity index (χ0n) is 15.0. The number of nitrogens with zero attached hydrogens (tertiary/aromatic N) is 1. The molecular weight excluding hydrogens is 324 g/mol. The third-order valence-corrected chi connectivity index (χ3v) is 5.85. The highest BCUT2D eigenvalue weighted by Crippen LogP contribution is 2.44. The van der Waals surface area contributed by atoms with E-state index in [0.29, 0.717) is 18.6 Å². The van der Waals surface area contributed by atoms with Crippen LogP contribution in [0.15, 0.2) is 54.6 Å². The second-order valence-corrected chi connectivity index (χ2v) is 7.42. The number of hydrogen-bond donors (Lipinski definition) is 2. The van der Waals surface area contributed by atoms with Crippen molar-refractivity contribution in [1.82, 2.24) is 10.2 Å². The Kier molecular flexibility index (Phi) is 4.93. The van der Waals surface area contributed by atoms with Crippen molar-refractivity contribution < 1.29 is 9.90 Å². The first-order valence-corrected chi connectivity index (χ1v) is 9.58. The van der Waals surface area contributed by atoms with Gasteiger partial charge in [-0.25, -0.2) is 0 Å². The van der Waals surface area contributed by atoms with Gasteiger partial charge in [-0.05, 0) is 55.5 Å². The fourth-order valence-corrected chi connectivity index (χ4v) is 4.58. The Morgan fingerprint density at radius 2 is 1.88 bits per heavy atom. The molecule has 0 unspecified atom stereocenters. The molecule has 2 heterocycles. The number of phenols is 1. The van der Waals surface area contributed by atoms with E-state index >= 15 is 0 Å². The Morgan fingerprint density at radius 1 is 1.12 bits per heavy atom. The summed E-state index contributed by atoms with van der Waals surface area (Å²) in [5, 5.41) is 12.5. The van der Waals surface area contributed by atoms with E-state index in [1.165, 1.54) is 12.0 Å². The molecule has 26 heavy (non-hydrogen) atoms. The molecule has 0 bridgehead atoms. The van der Waals surface area contributed by atoms with Crippen LogP contribution in [-0.2, 0) is 11.2 Å². The predicted octanol–water partition coefficient (Wildman–Crippen LogP) is 3.28. The standard InChI is InChI=1S/C22H26N2O2/c25-18-10-8-16(9-11-18)12-13-23-22(26)19-15-21(17-5-2-1-3-6-17)24-14-4-7-20(19)24/h1-3,5-6,8-11,19-21,25H,4,7,12-15H2,(H,23,26)/t19-,20+,21-/m1/s1. The van der Waals surface area contributed by atoms with Crippen LogP contribution >= 0.6 is 0 Å². The van der Waals surface area contributed by atoms with Gasteiger partial charge in [-0.15, -0.1) is 0 Å². The zero-order chi connectivity index (χ0) is 17.9. The van der Waals surface area contributed by atoms with Crippen molar-refractivity contribution in [2.24, 2.45) is 5.92 Å². The molecule has 2 aromatic rings. The van der Waals surface area contributed by atoms with Crippen molar-refractivity contribution in [2.75, 3.05) is 13.1 Å². The summed E-state index contributed by atoms with van der Waals surface area (Å²) >= 11 is 0. The fraction of sp³-hybridized carbons (Fsp3) is 0.409. The van der Waals surface area contributed by atoms with Gasteiger partial charge in [-0.3, -0.25) is 9.69 Å². The van der Waals surface area contributed by atoms with Gasteiger partial charge in [0, 0.05) is 18.6 Å². The number of carbonyl (C=O) groups is 1. The molecule has 2 N–H and O–H groups in total. The van der Waals surface area contributed by atoms with E-state index < -0.39 is 0 Å². The largest absolute Gasteiger partial charge is 0.508 e. The maximum atomic E-state index is 12.8. The van der Waals surface area contributed by atoms with Crippen LogP contribution in [-0.4, -0.2) is 35.0 Å². The molecule has 3 atom stereocenters. The second-order valence-electron chi connectivity index (χ2n) is 7.42. The van der Waals surface area contributed by atoms with Gasteiger partial charge in [0.05, 0.1) is 5.92 Å². The van der Waals surface area contributed by atoms with Gasteiger partial charge in [-0.1, -0.05) is 42.5 Å². The van der Waals surface area contributed by atoms with Gasteiger partial charge in [-0.2, -0.15) is 0 Å². The number of benzene rings is 2. The van der Waals surface area contributed by atoms with Gasteiger partial charge in [0.15, 0.2) is 0 Å². The number of phenolic OH excluding ortho intramolecular Hbond substituents is 1. The van der Waals surface area contributed by atoms with Gasteiger partial charge < -0.3 is 10.4 Å². The third-order valence-electron chi connectivity index (χ3n) is 5.85. The predicted molar refractivity (Wildman–Crippen MR) is 102 cm³/mol. The number of aromatic hydroxyl groups is 1. The molecule has 2 fully saturated rings. The van der Waals surface area contributed by atoms with Crippen LogP contribution in [0.2, 0.25) is 0 Å². The molecule has 2 aromatic carbocycles. The minimum atomic E-state index is 0.0857. The van der Waals surface area contributed by atoms with E-state index in [9.17, 15) is 9.90 Å². The van der Waals surface area contributed by atoms with Crippen molar-refractivity contribution in [3.63, 3.8) is 0 Å². The lowest BCUT2D eigenvalue weighted by atomic mass is 9.93. The summed E-state index contributed by atoms with van der Waals surface area (Å²) in [5.41, 5.74) is 2.46. The topological polar surface area (TPSA) is 52.6 Å². The minimum absolute atomic E-state index is 0.0857.